The van der Waals surface area contributed by atoms with Crippen molar-refractivity contribution in [2.45, 2.75) is 19.6 Å². The molecular formula is C20H21N2O7S-. The Morgan fingerprint density at radius 1 is 1.10 bits per heavy atom. The van der Waals surface area contributed by atoms with Gasteiger partial charge in [0.25, 0.3) is 5.91 Å². The summed E-state index contributed by atoms with van der Waals surface area (Å²) in [7, 11) is 0. The molecule has 30 heavy (non-hydrogen) atoms. The molecule has 0 saturated carbocycles. The zero-order valence-corrected chi connectivity index (χ0v) is 17.0. The molecule has 1 amide bonds. The van der Waals surface area contributed by atoms with E-state index in [1.807, 2.05) is 0 Å². The summed E-state index contributed by atoms with van der Waals surface area (Å²) in [4.78, 5) is 41.4. The zero-order valence-electron chi connectivity index (χ0n) is 16.1. The first-order chi connectivity index (χ1) is 14.4. The van der Waals surface area contributed by atoms with Gasteiger partial charge in [0.15, 0.2) is 0 Å². The van der Waals surface area contributed by atoms with Gasteiger partial charge in [0.2, 0.25) is 5.12 Å². The van der Waals surface area contributed by atoms with Crippen molar-refractivity contribution in [1.82, 2.24) is 10.7 Å². The summed E-state index contributed by atoms with van der Waals surface area (Å²) in [5, 5.41) is 20.4. The molecule has 10 heteroatoms. The smallest absolute Gasteiger partial charge is 0.329 e. The van der Waals surface area contributed by atoms with Crippen LogP contribution in [0.3, 0.4) is 0 Å². The topological polar surface area (TPSA) is 128 Å². The van der Waals surface area contributed by atoms with E-state index in [-0.39, 0.29) is 24.1 Å². The first-order valence-corrected chi connectivity index (χ1v) is 9.97. The molecular weight excluding hydrogens is 412 g/mol. The molecule has 0 aliphatic carbocycles. The highest BCUT2D eigenvalue weighted by Crippen LogP contribution is 2.16. The number of thioether (sulfide) groups is 1. The summed E-state index contributed by atoms with van der Waals surface area (Å²) >= 11 is 0.869. The highest BCUT2D eigenvalue weighted by atomic mass is 32.2. The Hall–Kier alpha value is -2.76. The molecule has 2 rings (SSSR count). The van der Waals surface area contributed by atoms with Crippen molar-refractivity contribution in [3.63, 3.8) is 0 Å². The minimum Gasteiger partial charge on any atom is -0.738 e. The maximum absolute atomic E-state index is 12.4. The summed E-state index contributed by atoms with van der Waals surface area (Å²) in [5.41, 5.74) is 1.33. The number of carbonyl (C=O) groups is 3. The number of carbonyl (C=O) groups excluding carboxylic acids is 3. The standard InChI is InChI=1S/C20H21N2O7S/c1-2-28-19(24)17(21-18(23)15-6-4-3-5-7-15)13-30-20(25)16-10-8-14(9-11-16)12-29-22(26)27/h3-11,17,26H,2,12-13H2,1H3,(H,21,23)/q-1/t17-/m0/s1. The van der Waals surface area contributed by atoms with Crippen LogP contribution in [0.25, 0.3) is 0 Å². The van der Waals surface area contributed by atoms with Crippen molar-refractivity contribution in [2.24, 2.45) is 0 Å². The van der Waals surface area contributed by atoms with Crippen LogP contribution in [-0.4, -0.2) is 46.0 Å². The summed E-state index contributed by atoms with van der Waals surface area (Å²) in [6, 6.07) is 13.6. The maximum Gasteiger partial charge on any atom is 0.329 e. The van der Waals surface area contributed by atoms with E-state index < -0.39 is 23.3 Å². The molecule has 9 nitrogen and oxygen atoms in total. The zero-order chi connectivity index (χ0) is 21.9. The van der Waals surface area contributed by atoms with Crippen molar-refractivity contribution >= 4 is 28.8 Å². The third-order valence-corrected chi connectivity index (χ3v) is 4.82. The largest absolute Gasteiger partial charge is 0.738 e. The molecule has 1 atom stereocenters. The number of esters is 1. The Labute approximate surface area is 177 Å². The van der Waals surface area contributed by atoms with E-state index in [0.29, 0.717) is 16.7 Å². The van der Waals surface area contributed by atoms with E-state index in [0.717, 1.165) is 11.8 Å². The Kier molecular flexibility index (Phi) is 9.45. The van der Waals surface area contributed by atoms with Gasteiger partial charge in [0, 0.05) is 16.9 Å². The van der Waals surface area contributed by atoms with Gasteiger partial charge in [-0.2, -0.15) is 0 Å². The molecule has 2 N–H and O–H groups in total. The van der Waals surface area contributed by atoms with Crippen molar-refractivity contribution in [3.8, 4) is 0 Å². The minimum atomic E-state index is -0.994. The van der Waals surface area contributed by atoms with E-state index in [2.05, 4.69) is 10.2 Å². The van der Waals surface area contributed by atoms with Gasteiger partial charge in [-0.25, -0.2) is 4.79 Å². The van der Waals surface area contributed by atoms with Gasteiger partial charge < -0.3 is 20.5 Å². The summed E-state index contributed by atoms with van der Waals surface area (Å²) in [6.07, 6.45) is 0. The lowest BCUT2D eigenvalue weighted by atomic mass is 10.2. The van der Waals surface area contributed by atoms with Crippen LogP contribution in [-0.2, 0) is 21.0 Å². The lowest BCUT2D eigenvalue weighted by Crippen LogP contribution is -2.43. The van der Waals surface area contributed by atoms with Crippen molar-refractivity contribution < 1.29 is 29.2 Å². The van der Waals surface area contributed by atoms with E-state index in [9.17, 15) is 19.6 Å². The van der Waals surface area contributed by atoms with Crippen LogP contribution in [0.1, 0.15) is 33.2 Å². The Morgan fingerprint density at radius 3 is 2.37 bits per heavy atom. The monoisotopic (exact) mass is 433 g/mol. The predicted octanol–water partition coefficient (Wildman–Crippen LogP) is 2.54. The van der Waals surface area contributed by atoms with Crippen molar-refractivity contribution in [1.29, 1.82) is 0 Å². The summed E-state index contributed by atoms with van der Waals surface area (Å²) in [6.45, 7) is 1.64. The Morgan fingerprint density at radius 2 is 1.77 bits per heavy atom. The third kappa shape index (κ3) is 7.58. The van der Waals surface area contributed by atoms with Crippen LogP contribution in [0, 0.1) is 5.21 Å². The van der Waals surface area contributed by atoms with E-state index in [4.69, 9.17) is 9.94 Å². The molecule has 0 aromatic heterocycles. The quantitative estimate of drug-likeness (QED) is 0.429. The van der Waals surface area contributed by atoms with Gasteiger partial charge >= 0.3 is 5.97 Å². The number of nitrogens with one attached hydrogen (secondary N) is 1. The van der Waals surface area contributed by atoms with Crippen LogP contribution in [0.4, 0.5) is 0 Å². The first kappa shape index (κ1) is 23.5. The van der Waals surface area contributed by atoms with Crippen LogP contribution in [0.5, 0.6) is 0 Å². The number of rotatable bonds is 10. The summed E-state index contributed by atoms with van der Waals surface area (Å²) in [5.74, 6) is -1.07. The lowest BCUT2D eigenvalue weighted by Gasteiger charge is -2.18. The van der Waals surface area contributed by atoms with Crippen molar-refractivity contribution in [2.75, 3.05) is 12.4 Å². The van der Waals surface area contributed by atoms with Gasteiger partial charge in [-0.3, -0.25) is 14.4 Å². The van der Waals surface area contributed by atoms with Crippen molar-refractivity contribution in [3.05, 3.63) is 76.5 Å². The number of ether oxygens (including phenoxy) is 1. The second-order valence-corrected chi connectivity index (χ2v) is 6.94. The fraction of sp³-hybridized carbons (Fsp3) is 0.250. The molecule has 0 spiro atoms. The lowest BCUT2D eigenvalue weighted by molar-refractivity contribution is -0.312. The Balaban J connectivity index is 1.97. The normalized spacial score (nSPS) is 11.7. The van der Waals surface area contributed by atoms with Gasteiger partial charge in [-0.15, -0.1) is 5.39 Å². The second kappa shape index (κ2) is 12.1. The number of nitrogens with zero attached hydrogens (tertiary/aromatic N) is 1. The number of hydrogen-bond acceptors (Lipinski definition) is 9. The molecule has 0 aliphatic heterocycles. The predicted molar refractivity (Wildman–Crippen MR) is 109 cm³/mol. The third-order valence-electron chi connectivity index (χ3n) is 3.82. The molecule has 0 heterocycles. The van der Waals surface area contributed by atoms with Crippen LogP contribution in [0.2, 0.25) is 0 Å². The molecule has 2 aromatic carbocycles. The average Bonchev–Trinajstić information content (AvgIpc) is 2.75. The van der Waals surface area contributed by atoms with E-state index >= 15 is 0 Å². The van der Waals surface area contributed by atoms with Gasteiger partial charge in [-0.05, 0) is 24.6 Å². The van der Waals surface area contributed by atoms with Gasteiger partial charge in [0.1, 0.15) is 6.04 Å². The number of amides is 1. The van der Waals surface area contributed by atoms with Crippen LogP contribution < -0.4 is 5.32 Å². The van der Waals surface area contributed by atoms with Gasteiger partial charge in [0.05, 0.1) is 13.2 Å². The molecule has 2 aromatic rings. The highest BCUT2D eigenvalue weighted by Gasteiger charge is 2.24. The highest BCUT2D eigenvalue weighted by molar-refractivity contribution is 8.14. The molecule has 160 valence electrons. The molecule has 0 saturated heterocycles. The van der Waals surface area contributed by atoms with E-state index in [1.54, 1.807) is 49.4 Å². The molecule has 0 aliphatic rings. The molecule has 0 fully saturated rings. The Bertz CT molecular complexity index is 844. The fourth-order valence-electron chi connectivity index (χ4n) is 2.35. The second-order valence-electron chi connectivity index (χ2n) is 5.95. The molecule has 0 unspecified atom stereocenters. The molecule has 0 bridgehead atoms. The van der Waals surface area contributed by atoms with Crippen LogP contribution >= 0.6 is 11.8 Å². The number of hydrogen-bond donors (Lipinski definition) is 2. The van der Waals surface area contributed by atoms with Crippen LogP contribution in [0.15, 0.2) is 54.6 Å². The first-order valence-electron chi connectivity index (χ1n) is 8.98. The minimum absolute atomic E-state index is 0.00322. The summed E-state index contributed by atoms with van der Waals surface area (Å²) < 4.78 is 5.00. The number of benzene rings is 2. The van der Waals surface area contributed by atoms with Gasteiger partial charge in [-0.1, -0.05) is 54.2 Å². The van der Waals surface area contributed by atoms with E-state index in [1.165, 1.54) is 12.1 Å². The average molecular weight is 433 g/mol. The maximum atomic E-state index is 12.4. The SMILES string of the molecule is CCOC(=O)[C@H](CSC(=O)c1ccc(CON([O-])O)cc1)NC(=O)c1ccccc1. The molecule has 0 radical (unpaired) electrons. The fourth-order valence-corrected chi connectivity index (χ4v) is 3.19.